The molecule has 0 radical (unpaired) electrons. The van der Waals surface area contributed by atoms with Gasteiger partial charge < -0.3 is 9.73 Å². The molecule has 0 spiro atoms. The van der Waals surface area contributed by atoms with Gasteiger partial charge in [0.2, 0.25) is 11.8 Å². The lowest BCUT2D eigenvalue weighted by Crippen LogP contribution is -2.14. The van der Waals surface area contributed by atoms with Gasteiger partial charge >= 0.3 is 6.18 Å². The first kappa shape index (κ1) is 18.0. The zero-order valence-electron chi connectivity index (χ0n) is 13.2. The van der Waals surface area contributed by atoms with Gasteiger partial charge in [-0.15, -0.1) is 10.2 Å². The van der Waals surface area contributed by atoms with Crippen molar-refractivity contribution >= 4 is 23.4 Å². The van der Waals surface area contributed by atoms with Crippen molar-refractivity contribution in [1.82, 2.24) is 10.2 Å². The molecule has 26 heavy (non-hydrogen) atoms. The van der Waals surface area contributed by atoms with Crippen LogP contribution in [-0.2, 0) is 11.0 Å². The van der Waals surface area contributed by atoms with Gasteiger partial charge in [-0.3, -0.25) is 4.79 Å². The lowest BCUT2D eigenvalue weighted by molar-refractivity contribution is -0.137. The van der Waals surface area contributed by atoms with Gasteiger partial charge in [0.1, 0.15) is 0 Å². The van der Waals surface area contributed by atoms with E-state index in [1.165, 1.54) is 12.1 Å². The quantitative estimate of drug-likeness (QED) is 0.662. The molecule has 0 fully saturated rings. The van der Waals surface area contributed by atoms with Gasteiger partial charge in [0.05, 0.1) is 11.3 Å². The van der Waals surface area contributed by atoms with Gasteiger partial charge in [0.15, 0.2) is 0 Å². The summed E-state index contributed by atoms with van der Waals surface area (Å²) in [6.07, 6.45) is -4.41. The molecular formula is C17H12F3N3O2S. The molecule has 0 saturated carbocycles. The summed E-state index contributed by atoms with van der Waals surface area (Å²) in [5.41, 5.74) is 0.268. The van der Waals surface area contributed by atoms with Crippen LogP contribution in [0.2, 0.25) is 0 Å². The van der Waals surface area contributed by atoms with Crippen LogP contribution in [0.4, 0.5) is 18.9 Å². The number of rotatable bonds is 5. The van der Waals surface area contributed by atoms with E-state index in [0.717, 1.165) is 29.5 Å². The largest absolute Gasteiger partial charge is 0.416 e. The summed E-state index contributed by atoms with van der Waals surface area (Å²) in [6, 6.07) is 13.4. The smallest absolute Gasteiger partial charge is 0.411 e. The number of aromatic nitrogens is 2. The Morgan fingerprint density at radius 2 is 1.73 bits per heavy atom. The summed E-state index contributed by atoms with van der Waals surface area (Å²) in [6.45, 7) is 0. The fourth-order valence-electron chi connectivity index (χ4n) is 2.03. The fourth-order valence-corrected chi connectivity index (χ4v) is 2.60. The number of carbonyl (C=O) groups is 1. The van der Waals surface area contributed by atoms with E-state index in [0.29, 0.717) is 5.89 Å². The second-order valence-electron chi connectivity index (χ2n) is 5.15. The maximum Gasteiger partial charge on any atom is 0.416 e. The third kappa shape index (κ3) is 4.63. The van der Waals surface area contributed by atoms with Crippen LogP contribution in [0.5, 0.6) is 0 Å². The number of amides is 1. The molecule has 0 aliphatic rings. The Bertz CT molecular complexity index is 880. The number of carbonyl (C=O) groups excluding carboxylic acids is 1. The number of alkyl halides is 3. The van der Waals surface area contributed by atoms with E-state index in [4.69, 9.17) is 4.42 Å². The van der Waals surface area contributed by atoms with Gasteiger partial charge in [-0.05, 0) is 36.4 Å². The topological polar surface area (TPSA) is 68.0 Å². The molecule has 9 heteroatoms. The van der Waals surface area contributed by atoms with Crippen LogP contribution in [0.1, 0.15) is 5.56 Å². The predicted octanol–water partition coefficient (Wildman–Crippen LogP) is 4.49. The molecule has 5 nitrogen and oxygen atoms in total. The molecule has 134 valence electrons. The third-order valence-corrected chi connectivity index (χ3v) is 4.07. The second kappa shape index (κ2) is 7.61. The summed E-state index contributed by atoms with van der Waals surface area (Å²) in [7, 11) is 0. The van der Waals surface area contributed by atoms with E-state index in [9.17, 15) is 18.0 Å². The lowest BCUT2D eigenvalue weighted by atomic mass is 10.2. The van der Waals surface area contributed by atoms with Crippen LogP contribution < -0.4 is 5.32 Å². The molecule has 0 unspecified atom stereocenters. The van der Waals surface area contributed by atoms with E-state index in [1.54, 1.807) is 0 Å². The molecule has 3 aromatic rings. The molecule has 0 aliphatic heterocycles. The number of nitrogens with one attached hydrogen (secondary N) is 1. The average molecular weight is 379 g/mol. The maximum absolute atomic E-state index is 12.5. The zero-order chi connectivity index (χ0) is 18.6. The monoisotopic (exact) mass is 379 g/mol. The predicted molar refractivity (Wildman–Crippen MR) is 90.5 cm³/mol. The summed E-state index contributed by atoms with van der Waals surface area (Å²) < 4.78 is 43.0. The first-order valence-corrected chi connectivity index (χ1v) is 8.39. The van der Waals surface area contributed by atoms with Crippen molar-refractivity contribution in [3.63, 3.8) is 0 Å². The van der Waals surface area contributed by atoms with Crippen LogP contribution in [0.25, 0.3) is 11.5 Å². The van der Waals surface area contributed by atoms with Crippen molar-refractivity contribution < 1.29 is 22.4 Å². The van der Waals surface area contributed by atoms with Crippen molar-refractivity contribution in [3.8, 4) is 11.5 Å². The fraction of sp³-hybridized carbons (Fsp3) is 0.118. The summed E-state index contributed by atoms with van der Waals surface area (Å²) in [5, 5.41) is 10.5. The number of hydrogen-bond donors (Lipinski definition) is 1. The minimum Gasteiger partial charge on any atom is -0.411 e. The Morgan fingerprint density at radius 3 is 2.38 bits per heavy atom. The van der Waals surface area contributed by atoms with Crippen LogP contribution in [-0.4, -0.2) is 21.9 Å². The van der Waals surface area contributed by atoms with Crippen LogP contribution in [0, 0.1) is 0 Å². The SMILES string of the molecule is O=C(CSc1nnc(-c2ccccc2)o1)Nc1ccc(C(F)(F)F)cc1. The molecule has 0 bridgehead atoms. The molecule has 1 aromatic heterocycles. The number of thioether (sulfide) groups is 1. The van der Waals surface area contributed by atoms with Crippen molar-refractivity contribution in [2.75, 3.05) is 11.1 Å². The molecule has 1 N–H and O–H groups in total. The van der Waals surface area contributed by atoms with Crippen LogP contribution in [0.15, 0.2) is 64.2 Å². The van der Waals surface area contributed by atoms with E-state index in [2.05, 4.69) is 15.5 Å². The third-order valence-electron chi connectivity index (χ3n) is 3.25. The Kier molecular flexibility index (Phi) is 5.27. The number of anilines is 1. The minimum atomic E-state index is -4.41. The number of halogens is 3. The number of nitrogens with zero attached hydrogens (tertiary/aromatic N) is 2. The highest BCUT2D eigenvalue weighted by Gasteiger charge is 2.29. The molecule has 3 rings (SSSR count). The average Bonchev–Trinajstić information content (AvgIpc) is 3.09. The zero-order valence-corrected chi connectivity index (χ0v) is 14.0. The second-order valence-corrected chi connectivity index (χ2v) is 6.08. The Morgan fingerprint density at radius 1 is 1.04 bits per heavy atom. The van der Waals surface area contributed by atoms with Gasteiger partial charge in [-0.1, -0.05) is 30.0 Å². The Balaban J connectivity index is 1.54. The molecular weight excluding hydrogens is 367 g/mol. The molecule has 1 amide bonds. The molecule has 1 heterocycles. The summed E-state index contributed by atoms with van der Waals surface area (Å²) in [4.78, 5) is 11.9. The standard InChI is InChI=1S/C17H12F3N3O2S/c18-17(19,20)12-6-8-13(9-7-12)21-14(24)10-26-16-23-22-15(25-16)11-4-2-1-3-5-11/h1-9H,10H2,(H,21,24). The molecule has 2 aromatic carbocycles. The number of benzene rings is 2. The molecule has 0 saturated heterocycles. The Hall–Kier alpha value is -2.81. The van der Waals surface area contributed by atoms with Crippen molar-refractivity contribution in [2.45, 2.75) is 11.4 Å². The minimum absolute atomic E-state index is 0.0164. The maximum atomic E-state index is 12.5. The van der Waals surface area contributed by atoms with E-state index in [1.807, 2.05) is 30.3 Å². The van der Waals surface area contributed by atoms with Gasteiger partial charge in [0.25, 0.3) is 5.22 Å². The normalized spacial score (nSPS) is 11.3. The highest BCUT2D eigenvalue weighted by atomic mass is 32.2. The Labute approximate surface area is 150 Å². The first-order valence-electron chi connectivity index (χ1n) is 7.40. The van der Waals surface area contributed by atoms with Gasteiger partial charge in [-0.2, -0.15) is 13.2 Å². The number of hydrogen-bond acceptors (Lipinski definition) is 5. The van der Waals surface area contributed by atoms with Gasteiger partial charge in [-0.25, -0.2) is 0 Å². The summed E-state index contributed by atoms with van der Waals surface area (Å²) >= 11 is 1.04. The van der Waals surface area contributed by atoms with Crippen molar-refractivity contribution in [2.24, 2.45) is 0 Å². The van der Waals surface area contributed by atoms with Crippen LogP contribution in [0.3, 0.4) is 0 Å². The summed E-state index contributed by atoms with van der Waals surface area (Å²) in [5.74, 6) is -0.0669. The van der Waals surface area contributed by atoms with Crippen molar-refractivity contribution in [1.29, 1.82) is 0 Å². The highest BCUT2D eigenvalue weighted by Crippen LogP contribution is 2.30. The van der Waals surface area contributed by atoms with Gasteiger partial charge in [0, 0.05) is 11.3 Å². The molecule has 0 aliphatic carbocycles. The lowest BCUT2D eigenvalue weighted by Gasteiger charge is -2.08. The van der Waals surface area contributed by atoms with E-state index in [-0.39, 0.29) is 16.7 Å². The highest BCUT2D eigenvalue weighted by molar-refractivity contribution is 7.99. The van der Waals surface area contributed by atoms with E-state index >= 15 is 0 Å². The van der Waals surface area contributed by atoms with Crippen molar-refractivity contribution in [3.05, 3.63) is 60.2 Å². The first-order chi connectivity index (χ1) is 12.4. The van der Waals surface area contributed by atoms with Crippen LogP contribution >= 0.6 is 11.8 Å². The van der Waals surface area contributed by atoms with E-state index < -0.39 is 17.6 Å². The molecule has 0 atom stereocenters.